The van der Waals surface area contributed by atoms with Gasteiger partial charge in [-0.05, 0) is 43.2 Å². The number of rotatable bonds is 10. The maximum atomic E-state index is 13.4. The maximum absolute atomic E-state index is 13.4. The minimum absolute atomic E-state index is 0.250. The van der Waals surface area contributed by atoms with E-state index >= 15 is 0 Å². The van der Waals surface area contributed by atoms with Crippen LogP contribution in [0.4, 0.5) is 0 Å². The Balaban J connectivity index is 1.20. The van der Waals surface area contributed by atoms with Gasteiger partial charge in [-0.3, -0.25) is 14.3 Å². The van der Waals surface area contributed by atoms with Crippen LogP contribution in [-0.4, -0.2) is 66.2 Å². The summed E-state index contributed by atoms with van der Waals surface area (Å²) < 4.78 is 40.2. The number of pyridine rings is 1. The Kier molecular flexibility index (Phi) is 7.36. The van der Waals surface area contributed by atoms with E-state index in [4.69, 9.17) is 26.2 Å². The fourth-order valence-electron chi connectivity index (χ4n) is 5.44. The summed E-state index contributed by atoms with van der Waals surface area (Å²) in [4.78, 5) is 31.3. The van der Waals surface area contributed by atoms with E-state index in [0.717, 1.165) is 16.6 Å². The van der Waals surface area contributed by atoms with Crippen molar-refractivity contribution in [1.82, 2.24) is 19.4 Å². The van der Waals surface area contributed by atoms with Crippen LogP contribution < -0.4 is 19.5 Å². The predicted molar refractivity (Wildman–Crippen MR) is 158 cm³/mol. The zero-order valence-electron chi connectivity index (χ0n) is 23.0. The highest BCUT2D eigenvalue weighted by molar-refractivity contribution is 7.91. The quantitative estimate of drug-likeness (QED) is 0.264. The standard InChI is InChI=1S/C30H31ClN4O6S/c1-3-19-16-30(19,29(37)34-42(38,39)22-10-11-22)33-28(36)26-14-21(17-35(26)31)41-27-15-24(18-7-5-4-6-8-18)32-25-13-20(40-2)9-12-23(25)27/h3-9,12-13,15,19,21-22,26H,1,10-11,14,16-17H2,2H3,(H,33,36)(H,34,37)/t19-,21-,26+,30-/m1/s1. The van der Waals surface area contributed by atoms with Crippen molar-refractivity contribution in [3.8, 4) is 22.8 Å². The van der Waals surface area contributed by atoms with Crippen molar-refractivity contribution in [1.29, 1.82) is 0 Å². The van der Waals surface area contributed by atoms with E-state index in [2.05, 4.69) is 16.6 Å². The molecule has 2 heterocycles. The summed E-state index contributed by atoms with van der Waals surface area (Å²) in [5, 5.41) is 3.01. The number of sulfonamides is 1. The summed E-state index contributed by atoms with van der Waals surface area (Å²) in [5.74, 6) is -0.353. The molecule has 0 unspecified atom stereocenters. The molecule has 3 aliphatic rings. The second kappa shape index (κ2) is 10.9. The third-order valence-corrected chi connectivity index (χ3v) is 10.3. The topological polar surface area (TPSA) is 127 Å². The lowest BCUT2D eigenvalue weighted by Crippen LogP contribution is -2.55. The van der Waals surface area contributed by atoms with E-state index in [1.165, 1.54) is 4.42 Å². The molecule has 1 aliphatic heterocycles. The van der Waals surface area contributed by atoms with Gasteiger partial charge in [-0.2, -0.15) is 0 Å². The van der Waals surface area contributed by atoms with E-state index < -0.39 is 44.8 Å². The summed E-state index contributed by atoms with van der Waals surface area (Å²) in [6, 6.07) is 16.4. The molecule has 42 heavy (non-hydrogen) atoms. The van der Waals surface area contributed by atoms with Crippen molar-refractivity contribution >= 4 is 44.5 Å². The van der Waals surface area contributed by atoms with Gasteiger partial charge in [-0.1, -0.05) is 36.4 Å². The van der Waals surface area contributed by atoms with Crippen molar-refractivity contribution in [3.05, 3.63) is 67.3 Å². The Labute approximate surface area is 249 Å². The molecule has 2 saturated carbocycles. The van der Waals surface area contributed by atoms with E-state index in [-0.39, 0.29) is 25.3 Å². The minimum Gasteiger partial charge on any atom is -0.497 e. The molecule has 1 saturated heterocycles. The van der Waals surface area contributed by atoms with Crippen molar-refractivity contribution in [2.24, 2.45) is 5.92 Å². The van der Waals surface area contributed by atoms with E-state index in [9.17, 15) is 18.0 Å². The number of hydrogen-bond donors (Lipinski definition) is 2. The lowest BCUT2D eigenvalue weighted by atomic mass is 10.1. The van der Waals surface area contributed by atoms with Crippen LogP contribution in [0.25, 0.3) is 22.2 Å². The van der Waals surface area contributed by atoms with Crippen molar-refractivity contribution in [2.45, 2.75) is 48.6 Å². The highest BCUT2D eigenvalue weighted by atomic mass is 35.5. The van der Waals surface area contributed by atoms with Crippen molar-refractivity contribution in [3.63, 3.8) is 0 Å². The molecule has 0 spiro atoms. The molecule has 2 aliphatic carbocycles. The molecular formula is C30H31ClN4O6S. The number of halogens is 1. The first kappa shape index (κ1) is 28.4. The van der Waals surface area contributed by atoms with Crippen molar-refractivity contribution < 1.29 is 27.5 Å². The highest BCUT2D eigenvalue weighted by Gasteiger charge is 2.61. The largest absolute Gasteiger partial charge is 0.497 e. The Morgan fingerprint density at radius 3 is 2.60 bits per heavy atom. The van der Waals surface area contributed by atoms with Gasteiger partial charge in [-0.25, -0.2) is 17.8 Å². The van der Waals surface area contributed by atoms with Gasteiger partial charge in [0.2, 0.25) is 15.9 Å². The van der Waals surface area contributed by atoms with Gasteiger partial charge in [0.15, 0.2) is 0 Å². The SMILES string of the molecule is C=C[C@@H]1C[C@]1(NC(=O)[C@@H]1C[C@@H](Oc2cc(-c3ccccc3)nc3cc(OC)ccc23)CN1Cl)C(=O)NS(=O)(=O)C1CC1. The molecule has 12 heteroatoms. The van der Waals surface area contributed by atoms with Crippen LogP contribution in [0, 0.1) is 5.92 Å². The fraction of sp³-hybridized carbons (Fsp3) is 0.367. The summed E-state index contributed by atoms with van der Waals surface area (Å²) >= 11 is 6.52. The lowest BCUT2D eigenvalue weighted by molar-refractivity contribution is -0.131. The molecule has 1 aromatic heterocycles. The summed E-state index contributed by atoms with van der Waals surface area (Å²) in [6.45, 7) is 3.99. The Hall–Kier alpha value is -3.67. The third kappa shape index (κ3) is 5.44. The van der Waals surface area contributed by atoms with Gasteiger partial charge in [0.25, 0.3) is 5.91 Å². The van der Waals surface area contributed by atoms with Gasteiger partial charge in [0.1, 0.15) is 29.2 Å². The third-order valence-electron chi connectivity index (χ3n) is 8.10. The number of carbonyl (C=O) groups is 2. The number of nitrogens with one attached hydrogen (secondary N) is 2. The Morgan fingerprint density at radius 2 is 1.93 bits per heavy atom. The average Bonchev–Trinajstić information content (AvgIpc) is 3.90. The molecule has 6 rings (SSSR count). The molecule has 3 aromatic rings. The summed E-state index contributed by atoms with van der Waals surface area (Å²) in [7, 11) is -2.18. The molecule has 0 bridgehead atoms. The number of nitrogens with zero attached hydrogens (tertiary/aromatic N) is 2. The highest BCUT2D eigenvalue weighted by Crippen LogP contribution is 2.45. The number of hydrogen-bond acceptors (Lipinski definition) is 8. The smallest absolute Gasteiger partial charge is 0.259 e. The van der Waals surface area contributed by atoms with Gasteiger partial charge < -0.3 is 14.8 Å². The lowest BCUT2D eigenvalue weighted by Gasteiger charge is -2.22. The normalized spacial score (nSPS) is 25.5. The van der Waals surface area contributed by atoms with Crippen molar-refractivity contribution in [2.75, 3.05) is 13.7 Å². The van der Waals surface area contributed by atoms with E-state index in [1.807, 2.05) is 54.6 Å². The van der Waals surface area contributed by atoms with Crippen LogP contribution in [-0.2, 0) is 19.6 Å². The van der Waals surface area contributed by atoms with Crippen LogP contribution in [0.15, 0.2) is 67.3 Å². The monoisotopic (exact) mass is 610 g/mol. The molecule has 0 radical (unpaired) electrons. The number of fused-ring (bicyclic) bond motifs is 1. The zero-order chi connectivity index (χ0) is 29.6. The van der Waals surface area contributed by atoms with Crippen LogP contribution in [0.3, 0.4) is 0 Å². The molecular weight excluding hydrogens is 580 g/mol. The number of aromatic nitrogens is 1. The molecule has 220 valence electrons. The number of ether oxygens (including phenoxy) is 2. The Morgan fingerprint density at radius 1 is 1.17 bits per heavy atom. The predicted octanol–water partition coefficient (Wildman–Crippen LogP) is 3.56. The van der Waals surface area contributed by atoms with Gasteiger partial charge in [-0.15, -0.1) is 6.58 Å². The molecule has 10 nitrogen and oxygen atoms in total. The summed E-state index contributed by atoms with van der Waals surface area (Å²) in [5.41, 5.74) is 0.962. The number of methoxy groups -OCH3 is 1. The van der Waals surface area contributed by atoms with Crippen LogP contribution in [0.2, 0.25) is 0 Å². The first-order chi connectivity index (χ1) is 20.1. The maximum Gasteiger partial charge on any atom is 0.259 e. The summed E-state index contributed by atoms with van der Waals surface area (Å²) in [6.07, 6.45) is 2.67. The number of benzene rings is 2. The average molecular weight is 611 g/mol. The molecule has 4 atom stereocenters. The minimum atomic E-state index is -3.77. The van der Waals surface area contributed by atoms with Gasteiger partial charge >= 0.3 is 0 Å². The van der Waals surface area contributed by atoms with E-state index in [0.29, 0.717) is 29.9 Å². The van der Waals surface area contributed by atoms with E-state index in [1.54, 1.807) is 13.2 Å². The van der Waals surface area contributed by atoms with Crippen LogP contribution in [0.1, 0.15) is 25.7 Å². The molecule has 3 fully saturated rings. The second-order valence-corrected chi connectivity index (χ2v) is 13.4. The van der Waals surface area contributed by atoms with Gasteiger partial charge in [0.05, 0.1) is 30.1 Å². The zero-order valence-corrected chi connectivity index (χ0v) is 24.5. The first-order valence-corrected chi connectivity index (χ1v) is 15.7. The van der Waals surface area contributed by atoms with Crippen LogP contribution >= 0.6 is 11.8 Å². The molecule has 2 aromatic carbocycles. The molecule has 2 amide bonds. The van der Waals surface area contributed by atoms with Crippen LogP contribution in [0.5, 0.6) is 11.5 Å². The van der Waals surface area contributed by atoms with Gasteiger partial charge in [0, 0.05) is 35.4 Å². The first-order valence-electron chi connectivity index (χ1n) is 13.8. The second-order valence-electron chi connectivity index (χ2n) is 11.0. The number of amides is 2. The molecule has 2 N–H and O–H groups in total. The Bertz CT molecular complexity index is 1670. The number of carbonyl (C=O) groups excluding carboxylic acids is 2. The fourth-order valence-corrected chi connectivity index (χ4v) is 7.12.